The SMILES string of the molecule is CCC1CCCN(c2nc3ccc(Br)cc3c(C(=O)Nc3ccc(F)cc3F)c2C)C1. The number of halogens is 3. The van der Waals surface area contributed by atoms with Crippen LogP contribution in [0.2, 0.25) is 0 Å². The zero-order valence-electron chi connectivity index (χ0n) is 17.5. The number of carbonyl (C=O) groups is 1. The largest absolute Gasteiger partial charge is 0.356 e. The second-order valence-corrected chi connectivity index (χ2v) is 8.95. The van der Waals surface area contributed by atoms with Crippen LogP contribution in [0, 0.1) is 24.5 Å². The molecule has 2 heterocycles. The number of rotatable bonds is 4. The van der Waals surface area contributed by atoms with Crippen molar-refractivity contribution < 1.29 is 13.6 Å². The van der Waals surface area contributed by atoms with Gasteiger partial charge in [0.05, 0.1) is 16.8 Å². The van der Waals surface area contributed by atoms with Gasteiger partial charge in [-0.05, 0) is 56.0 Å². The van der Waals surface area contributed by atoms with Gasteiger partial charge in [-0.3, -0.25) is 4.79 Å². The molecule has 31 heavy (non-hydrogen) atoms. The summed E-state index contributed by atoms with van der Waals surface area (Å²) in [5.74, 6) is -0.562. The maximum absolute atomic E-state index is 14.2. The monoisotopic (exact) mass is 487 g/mol. The molecule has 1 unspecified atom stereocenters. The number of fused-ring (bicyclic) bond motifs is 1. The highest BCUT2D eigenvalue weighted by atomic mass is 79.9. The standard InChI is InChI=1S/C24H24BrF2N3O/c1-3-15-5-4-10-30(13-15)23-14(2)22(18-11-16(25)6-8-20(18)28-23)24(31)29-21-9-7-17(26)12-19(21)27/h6-9,11-12,15H,3-5,10,13H2,1-2H3,(H,29,31). The zero-order chi connectivity index (χ0) is 22.1. The molecular weight excluding hydrogens is 464 g/mol. The third-order valence-electron chi connectivity index (χ3n) is 5.97. The van der Waals surface area contributed by atoms with Gasteiger partial charge < -0.3 is 10.2 Å². The summed E-state index contributed by atoms with van der Waals surface area (Å²) in [5.41, 5.74) is 1.84. The lowest BCUT2D eigenvalue weighted by Gasteiger charge is -2.34. The predicted molar refractivity (Wildman–Crippen MR) is 124 cm³/mol. The van der Waals surface area contributed by atoms with E-state index in [4.69, 9.17) is 4.98 Å². The fourth-order valence-corrected chi connectivity index (χ4v) is 4.65. The summed E-state index contributed by atoms with van der Waals surface area (Å²) in [4.78, 5) is 20.5. The summed E-state index contributed by atoms with van der Waals surface area (Å²) in [6, 6.07) is 8.72. The minimum atomic E-state index is -0.812. The second kappa shape index (κ2) is 8.91. The lowest BCUT2D eigenvalue weighted by Crippen LogP contribution is -2.36. The second-order valence-electron chi connectivity index (χ2n) is 8.04. The third-order valence-corrected chi connectivity index (χ3v) is 6.46. The molecule has 0 radical (unpaired) electrons. The first-order chi connectivity index (χ1) is 14.9. The normalized spacial score (nSPS) is 16.5. The Morgan fingerprint density at radius 3 is 2.81 bits per heavy atom. The molecule has 0 aliphatic carbocycles. The van der Waals surface area contributed by atoms with Crippen LogP contribution in [0.25, 0.3) is 10.9 Å². The number of pyridine rings is 1. The number of anilines is 2. The van der Waals surface area contributed by atoms with E-state index in [1.165, 1.54) is 12.5 Å². The number of nitrogens with zero attached hydrogens (tertiary/aromatic N) is 2. The molecule has 3 aromatic rings. The first-order valence-electron chi connectivity index (χ1n) is 10.5. The van der Waals surface area contributed by atoms with E-state index in [-0.39, 0.29) is 5.69 Å². The summed E-state index contributed by atoms with van der Waals surface area (Å²) in [6.07, 6.45) is 3.39. The van der Waals surface area contributed by atoms with E-state index >= 15 is 0 Å². The summed E-state index contributed by atoms with van der Waals surface area (Å²) in [7, 11) is 0. The Morgan fingerprint density at radius 2 is 2.06 bits per heavy atom. The quantitative estimate of drug-likeness (QED) is 0.458. The Labute approximate surface area is 188 Å². The molecule has 1 aromatic heterocycles. The van der Waals surface area contributed by atoms with Gasteiger partial charge in [-0.15, -0.1) is 0 Å². The molecule has 1 aliphatic heterocycles. The number of hydrogen-bond donors (Lipinski definition) is 1. The van der Waals surface area contributed by atoms with Gasteiger partial charge in [0.2, 0.25) is 0 Å². The summed E-state index contributed by atoms with van der Waals surface area (Å²) in [6.45, 7) is 5.87. The summed E-state index contributed by atoms with van der Waals surface area (Å²) < 4.78 is 28.3. The van der Waals surface area contributed by atoms with Gasteiger partial charge in [0.1, 0.15) is 17.5 Å². The van der Waals surface area contributed by atoms with E-state index in [1.54, 1.807) is 0 Å². The lowest BCUT2D eigenvalue weighted by atomic mass is 9.94. The smallest absolute Gasteiger partial charge is 0.256 e. The number of hydrogen-bond acceptors (Lipinski definition) is 3. The molecule has 1 saturated heterocycles. The van der Waals surface area contributed by atoms with Crippen LogP contribution in [0.15, 0.2) is 40.9 Å². The number of piperidine rings is 1. The van der Waals surface area contributed by atoms with E-state index in [0.717, 1.165) is 53.9 Å². The van der Waals surface area contributed by atoms with Crippen molar-refractivity contribution >= 4 is 44.2 Å². The van der Waals surface area contributed by atoms with Crippen molar-refractivity contribution in [3.63, 3.8) is 0 Å². The zero-order valence-corrected chi connectivity index (χ0v) is 19.1. The van der Waals surface area contributed by atoms with Crippen molar-refractivity contribution in [1.82, 2.24) is 4.98 Å². The molecule has 0 spiro atoms. The fraction of sp³-hybridized carbons (Fsp3) is 0.333. The van der Waals surface area contributed by atoms with Gasteiger partial charge in [0.25, 0.3) is 5.91 Å². The van der Waals surface area contributed by atoms with Crippen LogP contribution in [-0.4, -0.2) is 24.0 Å². The van der Waals surface area contributed by atoms with Crippen LogP contribution in [0.1, 0.15) is 42.1 Å². The topological polar surface area (TPSA) is 45.2 Å². The van der Waals surface area contributed by atoms with Crippen LogP contribution in [0.4, 0.5) is 20.3 Å². The molecule has 0 saturated carbocycles. The molecule has 7 heteroatoms. The Hall–Kier alpha value is -2.54. The van der Waals surface area contributed by atoms with Crippen LogP contribution < -0.4 is 10.2 Å². The lowest BCUT2D eigenvalue weighted by molar-refractivity contribution is 0.102. The van der Waals surface area contributed by atoms with Crippen LogP contribution in [0.3, 0.4) is 0 Å². The molecule has 4 rings (SSSR count). The Bertz CT molecular complexity index is 1150. The Morgan fingerprint density at radius 1 is 1.26 bits per heavy atom. The van der Waals surface area contributed by atoms with Crippen molar-refractivity contribution in [3.8, 4) is 0 Å². The van der Waals surface area contributed by atoms with Crippen molar-refractivity contribution in [2.24, 2.45) is 5.92 Å². The fourth-order valence-electron chi connectivity index (χ4n) is 4.28. The molecule has 0 bridgehead atoms. The molecule has 1 aliphatic rings. The van der Waals surface area contributed by atoms with E-state index in [1.807, 2.05) is 25.1 Å². The van der Waals surface area contributed by atoms with Crippen molar-refractivity contribution in [3.05, 3.63) is 63.6 Å². The summed E-state index contributed by atoms with van der Waals surface area (Å²) >= 11 is 3.47. The minimum Gasteiger partial charge on any atom is -0.356 e. The minimum absolute atomic E-state index is 0.0590. The van der Waals surface area contributed by atoms with Gasteiger partial charge in [0.15, 0.2) is 0 Å². The number of aromatic nitrogens is 1. The Kier molecular flexibility index (Phi) is 6.23. The molecule has 2 aromatic carbocycles. The average molecular weight is 488 g/mol. The maximum atomic E-state index is 14.2. The molecule has 4 nitrogen and oxygen atoms in total. The number of carbonyl (C=O) groups excluding carboxylic acids is 1. The average Bonchev–Trinajstić information content (AvgIpc) is 2.75. The van der Waals surface area contributed by atoms with E-state index in [0.29, 0.717) is 22.4 Å². The number of amides is 1. The highest BCUT2D eigenvalue weighted by Crippen LogP contribution is 2.33. The highest BCUT2D eigenvalue weighted by molar-refractivity contribution is 9.10. The van der Waals surface area contributed by atoms with Gasteiger partial charge in [0, 0.05) is 34.6 Å². The maximum Gasteiger partial charge on any atom is 0.256 e. The molecule has 162 valence electrons. The van der Waals surface area contributed by atoms with Gasteiger partial charge in [-0.2, -0.15) is 0 Å². The first-order valence-corrected chi connectivity index (χ1v) is 11.3. The predicted octanol–water partition coefficient (Wildman–Crippen LogP) is 6.46. The van der Waals surface area contributed by atoms with Crippen molar-refractivity contribution in [2.45, 2.75) is 33.1 Å². The first kappa shape index (κ1) is 21.7. The molecule has 1 atom stereocenters. The molecule has 1 amide bonds. The number of nitrogens with one attached hydrogen (secondary N) is 1. The van der Waals surface area contributed by atoms with Crippen LogP contribution in [0.5, 0.6) is 0 Å². The Balaban J connectivity index is 1.81. The van der Waals surface area contributed by atoms with Crippen LogP contribution in [-0.2, 0) is 0 Å². The van der Waals surface area contributed by atoms with Gasteiger partial charge >= 0.3 is 0 Å². The van der Waals surface area contributed by atoms with Crippen LogP contribution >= 0.6 is 15.9 Å². The van der Waals surface area contributed by atoms with Gasteiger partial charge in [-0.1, -0.05) is 29.3 Å². The highest BCUT2D eigenvalue weighted by Gasteiger charge is 2.25. The third kappa shape index (κ3) is 4.42. The molecule has 1 fully saturated rings. The van der Waals surface area contributed by atoms with Crippen molar-refractivity contribution in [1.29, 1.82) is 0 Å². The van der Waals surface area contributed by atoms with E-state index < -0.39 is 17.5 Å². The van der Waals surface area contributed by atoms with Crippen molar-refractivity contribution in [2.75, 3.05) is 23.3 Å². The van der Waals surface area contributed by atoms with E-state index in [2.05, 4.69) is 33.1 Å². The van der Waals surface area contributed by atoms with E-state index in [9.17, 15) is 13.6 Å². The molecular formula is C24H24BrF2N3O. The van der Waals surface area contributed by atoms with Gasteiger partial charge in [-0.25, -0.2) is 13.8 Å². The number of benzene rings is 2. The summed E-state index contributed by atoms with van der Waals surface area (Å²) in [5, 5.41) is 3.29. The molecule has 1 N–H and O–H groups in total.